The van der Waals surface area contributed by atoms with Crippen LogP contribution < -0.4 is 10.6 Å². The van der Waals surface area contributed by atoms with Crippen molar-refractivity contribution >= 4 is 17.7 Å². The van der Waals surface area contributed by atoms with E-state index in [0.717, 1.165) is 0 Å². The van der Waals surface area contributed by atoms with E-state index in [1.54, 1.807) is 0 Å². The van der Waals surface area contributed by atoms with Gasteiger partial charge in [0.05, 0.1) is 5.75 Å². The van der Waals surface area contributed by atoms with Gasteiger partial charge in [0.15, 0.2) is 5.41 Å². The van der Waals surface area contributed by atoms with E-state index < -0.39 is 17.5 Å². The highest BCUT2D eigenvalue weighted by molar-refractivity contribution is 7.99. The monoisotopic (exact) mass is 280 g/mol. The Labute approximate surface area is 108 Å². The molecular formula is C11H15F3N2OS. The summed E-state index contributed by atoms with van der Waals surface area (Å²) in [5.74, 6) is 2.46. The first kappa shape index (κ1) is 15.2. The molecule has 2 N–H and O–H groups in total. The lowest BCUT2D eigenvalue weighted by Crippen LogP contribution is -2.52. The molecule has 0 spiro atoms. The Morgan fingerprint density at radius 2 is 2.28 bits per heavy atom. The molecule has 0 radical (unpaired) electrons. The molecule has 1 aliphatic heterocycles. The average Bonchev–Trinajstić information content (AvgIpc) is 2.78. The first-order chi connectivity index (χ1) is 8.44. The van der Waals surface area contributed by atoms with Gasteiger partial charge in [0.2, 0.25) is 5.91 Å². The Morgan fingerprint density at radius 3 is 2.78 bits per heavy atom. The summed E-state index contributed by atoms with van der Waals surface area (Å²) in [7, 11) is 0. The Kier molecular flexibility index (Phi) is 5.35. The van der Waals surface area contributed by atoms with Gasteiger partial charge in [0.1, 0.15) is 0 Å². The molecule has 0 aromatic rings. The summed E-state index contributed by atoms with van der Waals surface area (Å²) < 4.78 is 38.9. The van der Waals surface area contributed by atoms with Crippen LogP contribution >= 0.6 is 11.8 Å². The summed E-state index contributed by atoms with van der Waals surface area (Å²) >= 11 is 1.40. The zero-order valence-electron chi connectivity index (χ0n) is 9.77. The second kappa shape index (κ2) is 6.34. The topological polar surface area (TPSA) is 41.1 Å². The molecule has 18 heavy (non-hydrogen) atoms. The van der Waals surface area contributed by atoms with Crippen molar-refractivity contribution in [1.82, 2.24) is 10.6 Å². The van der Waals surface area contributed by atoms with Crippen molar-refractivity contribution in [3.05, 3.63) is 0 Å². The molecular weight excluding hydrogens is 265 g/mol. The first-order valence-electron chi connectivity index (χ1n) is 5.51. The van der Waals surface area contributed by atoms with Gasteiger partial charge in [-0.3, -0.25) is 4.79 Å². The fourth-order valence-electron chi connectivity index (χ4n) is 1.79. The summed E-state index contributed by atoms with van der Waals surface area (Å²) in [6, 6.07) is 0. The smallest absolute Gasteiger partial charge is 0.354 e. The maximum atomic E-state index is 13.0. The van der Waals surface area contributed by atoms with Crippen LogP contribution in [0.4, 0.5) is 13.2 Å². The molecule has 0 bridgehead atoms. The first-order valence-corrected chi connectivity index (χ1v) is 6.66. The summed E-state index contributed by atoms with van der Waals surface area (Å²) in [6.07, 6.45) is 0.303. The molecule has 3 nitrogen and oxygen atoms in total. The van der Waals surface area contributed by atoms with Crippen molar-refractivity contribution in [1.29, 1.82) is 0 Å². The van der Waals surface area contributed by atoms with Gasteiger partial charge in [-0.25, -0.2) is 0 Å². The van der Waals surface area contributed by atoms with Gasteiger partial charge in [-0.1, -0.05) is 5.92 Å². The van der Waals surface area contributed by atoms with Crippen molar-refractivity contribution in [3.8, 4) is 12.3 Å². The molecule has 0 saturated carbocycles. The number of terminal acetylenes is 1. The molecule has 1 amide bonds. The fraction of sp³-hybridized carbons (Fsp3) is 0.727. The minimum Gasteiger partial charge on any atom is -0.354 e. The van der Waals surface area contributed by atoms with Crippen LogP contribution in [0, 0.1) is 17.8 Å². The maximum Gasteiger partial charge on any atom is 0.404 e. The molecule has 1 rings (SSSR count). The minimum atomic E-state index is -4.52. The number of hydrogen-bond donors (Lipinski definition) is 2. The summed E-state index contributed by atoms with van der Waals surface area (Å²) in [5, 5.41) is 4.94. The van der Waals surface area contributed by atoms with Crippen molar-refractivity contribution in [2.75, 3.05) is 31.1 Å². The molecule has 1 unspecified atom stereocenters. The van der Waals surface area contributed by atoms with Crippen LogP contribution in [0.1, 0.15) is 6.42 Å². The van der Waals surface area contributed by atoms with Gasteiger partial charge in [0.25, 0.3) is 0 Å². The molecule has 0 aliphatic carbocycles. The third-order valence-corrected chi connectivity index (χ3v) is 3.71. The lowest BCUT2D eigenvalue weighted by atomic mass is 9.85. The SMILES string of the molecule is C#CCSCCNC(=O)C1(C(F)(F)F)CCNC1. The normalized spacial score (nSPS) is 23.7. The summed E-state index contributed by atoms with van der Waals surface area (Å²) in [5.41, 5.74) is -2.27. The van der Waals surface area contributed by atoms with E-state index in [1.807, 2.05) is 0 Å². The standard InChI is InChI=1S/C11H15F3N2OS/c1-2-6-18-7-5-16-9(17)10(11(12,13)14)3-4-15-8-10/h1,15H,3-8H2,(H,16,17). The van der Waals surface area contributed by atoms with E-state index >= 15 is 0 Å². The number of amides is 1. The Morgan fingerprint density at radius 1 is 1.56 bits per heavy atom. The molecule has 1 heterocycles. The van der Waals surface area contributed by atoms with Gasteiger partial charge in [-0.2, -0.15) is 13.2 Å². The second-order valence-corrected chi connectivity index (χ2v) is 5.12. The number of nitrogens with one attached hydrogen (secondary N) is 2. The number of carbonyl (C=O) groups excluding carboxylic acids is 1. The lowest BCUT2D eigenvalue weighted by molar-refractivity contribution is -0.215. The van der Waals surface area contributed by atoms with E-state index in [1.165, 1.54) is 11.8 Å². The van der Waals surface area contributed by atoms with E-state index in [0.29, 0.717) is 11.5 Å². The third kappa shape index (κ3) is 3.33. The predicted molar refractivity (Wildman–Crippen MR) is 65.1 cm³/mol. The van der Waals surface area contributed by atoms with Crippen LogP contribution in [0.2, 0.25) is 0 Å². The van der Waals surface area contributed by atoms with E-state index in [9.17, 15) is 18.0 Å². The van der Waals surface area contributed by atoms with Gasteiger partial charge in [0, 0.05) is 18.8 Å². The van der Waals surface area contributed by atoms with E-state index in [2.05, 4.69) is 16.6 Å². The average molecular weight is 280 g/mol. The van der Waals surface area contributed by atoms with Crippen LogP contribution in [0.5, 0.6) is 0 Å². The molecule has 0 aromatic carbocycles. The minimum absolute atomic E-state index is 0.197. The molecule has 0 aromatic heterocycles. The Bertz CT molecular complexity index is 332. The van der Waals surface area contributed by atoms with Crippen molar-refractivity contribution in [3.63, 3.8) is 0 Å². The molecule has 102 valence electrons. The highest BCUT2D eigenvalue weighted by Crippen LogP contribution is 2.43. The largest absolute Gasteiger partial charge is 0.404 e. The number of rotatable bonds is 5. The van der Waals surface area contributed by atoms with Gasteiger partial charge in [-0.05, 0) is 13.0 Å². The van der Waals surface area contributed by atoms with Crippen LogP contribution in [0.15, 0.2) is 0 Å². The molecule has 1 saturated heterocycles. The third-order valence-electron chi connectivity index (χ3n) is 2.85. The van der Waals surface area contributed by atoms with Crippen molar-refractivity contribution < 1.29 is 18.0 Å². The highest BCUT2D eigenvalue weighted by Gasteiger charge is 2.61. The predicted octanol–water partition coefficient (Wildman–Crippen LogP) is 1.01. The van der Waals surface area contributed by atoms with E-state index in [4.69, 9.17) is 6.42 Å². The number of hydrogen-bond acceptors (Lipinski definition) is 3. The van der Waals surface area contributed by atoms with Gasteiger partial charge in [-0.15, -0.1) is 18.2 Å². The zero-order chi connectivity index (χ0) is 13.6. The summed E-state index contributed by atoms with van der Waals surface area (Å²) in [4.78, 5) is 11.7. The molecule has 7 heteroatoms. The molecule has 1 fully saturated rings. The zero-order valence-corrected chi connectivity index (χ0v) is 10.6. The number of halogens is 3. The Balaban J connectivity index is 2.50. The van der Waals surface area contributed by atoms with Crippen molar-refractivity contribution in [2.24, 2.45) is 5.41 Å². The van der Waals surface area contributed by atoms with Crippen LogP contribution in [-0.2, 0) is 4.79 Å². The van der Waals surface area contributed by atoms with Gasteiger partial charge >= 0.3 is 6.18 Å². The van der Waals surface area contributed by atoms with Crippen LogP contribution in [-0.4, -0.2) is 43.2 Å². The van der Waals surface area contributed by atoms with E-state index in [-0.39, 0.29) is 26.1 Å². The molecule has 1 atom stereocenters. The maximum absolute atomic E-state index is 13.0. The molecule has 1 aliphatic rings. The Hall–Kier alpha value is -0.870. The lowest BCUT2D eigenvalue weighted by Gasteiger charge is -2.29. The summed E-state index contributed by atoms with van der Waals surface area (Å²) in [6.45, 7) is 0.0572. The van der Waals surface area contributed by atoms with Gasteiger partial charge < -0.3 is 10.6 Å². The van der Waals surface area contributed by atoms with Crippen molar-refractivity contribution in [2.45, 2.75) is 12.6 Å². The van der Waals surface area contributed by atoms with Crippen LogP contribution in [0.25, 0.3) is 0 Å². The number of thioether (sulfide) groups is 1. The second-order valence-electron chi connectivity index (χ2n) is 4.02. The van der Waals surface area contributed by atoms with Crippen LogP contribution in [0.3, 0.4) is 0 Å². The highest BCUT2D eigenvalue weighted by atomic mass is 32.2. The quantitative estimate of drug-likeness (QED) is 0.583. The fourth-order valence-corrected chi connectivity index (χ4v) is 2.30. The number of alkyl halides is 3. The number of carbonyl (C=O) groups is 1.